The molecule has 1 amide bonds. The molecule has 1 aromatic carbocycles. The topological polar surface area (TPSA) is 99.2 Å². The van der Waals surface area contributed by atoms with Gasteiger partial charge in [-0.2, -0.15) is 4.98 Å². The summed E-state index contributed by atoms with van der Waals surface area (Å²) in [6, 6.07) is 13.0. The lowest BCUT2D eigenvalue weighted by Crippen LogP contribution is -2.46. The van der Waals surface area contributed by atoms with Gasteiger partial charge in [0.15, 0.2) is 0 Å². The van der Waals surface area contributed by atoms with Crippen molar-refractivity contribution in [2.75, 3.05) is 29.9 Å². The third-order valence-corrected chi connectivity index (χ3v) is 9.51. The Kier molecular flexibility index (Phi) is 6.59. The molecule has 40 heavy (non-hydrogen) atoms. The van der Waals surface area contributed by atoms with Crippen LogP contribution < -0.4 is 15.5 Å². The first-order chi connectivity index (χ1) is 19.5. The Hall–Kier alpha value is -3.63. The van der Waals surface area contributed by atoms with Gasteiger partial charge in [0.25, 0.3) is 5.91 Å². The number of amides is 1. The number of aryl methyl sites for hydroxylation is 1. The van der Waals surface area contributed by atoms with Gasteiger partial charge in [0.1, 0.15) is 16.6 Å². The highest BCUT2D eigenvalue weighted by atomic mass is 32.1. The number of likely N-dealkylation sites (tertiary alicyclic amines) is 1. The van der Waals surface area contributed by atoms with Crippen molar-refractivity contribution in [1.29, 1.82) is 0 Å². The Morgan fingerprint density at radius 3 is 2.73 bits per heavy atom. The second-order valence-electron chi connectivity index (χ2n) is 11.2. The molecule has 1 aliphatic carbocycles. The van der Waals surface area contributed by atoms with Crippen LogP contribution in [-0.2, 0) is 0 Å². The number of thiazole rings is 1. The normalized spacial score (nSPS) is 21.0. The molecule has 10 heteroatoms. The molecule has 2 bridgehead atoms. The molecule has 2 N–H and O–H groups in total. The summed E-state index contributed by atoms with van der Waals surface area (Å²) in [6.45, 7) is 7.41. The maximum Gasteiger partial charge on any atom is 0.251 e. The SMILES string of the molecule is CCN1C[C@@H]2C[C@H]1CN2c1nc(C)cc(Nc2cc3nc(-c4cccc(C(=O)NC5CCCC5)c4)sc3cn2)n1. The van der Waals surface area contributed by atoms with Gasteiger partial charge in [-0.3, -0.25) is 9.69 Å². The molecule has 2 saturated heterocycles. The molecule has 3 aliphatic rings. The van der Waals surface area contributed by atoms with Gasteiger partial charge < -0.3 is 15.5 Å². The Labute approximate surface area is 238 Å². The summed E-state index contributed by atoms with van der Waals surface area (Å²) in [5.41, 5.74) is 3.40. The summed E-state index contributed by atoms with van der Waals surface area (Å²) in [6.07, 6.45) is 7.56. The van der Waals surface area contributed by atoms with Gasteiger partial charge >= 0.3 is 0 Å². The number of nitrogens with one attached hydrogen (secondary N) is 2. The zero-order valence-corrected chi connectivity index (χ0v) is 23.7. The average molecular weight is 555 g/mol. The highest BCUT2D eigenvalue weighted by Gasteiger charge is 2.43. The molecular weight excluding hydrogens is 520 g/mol. The van der Waals surface area contributed by atoms with E-state index in [1.807, 2.05) is 49.5 Å². The standard InChI is InChI=1S/C30H34N8OS/c1-3-37-16-23-13-22(37)17-38(23)30-32-18(2)11-27(36-30)35-26-14-24-25(15-31-26)40-29(34-24)20-8-6-7-19(12-20)28(39)33-21-9-4-5-10-21/h6-8,11-12,14-15,21-23H,3-5,9-10,13,16-17H2,1-2H3,(H,33,39)(H,31,32,35,36)/t22-,23-/m0/s1. The van der Waals surface area contributed by atoms with Gasteiger partial charge in [0.05, 0.1) is 10.2 Å². The molecule has 0 unspecified atom stereocenters. The highest BCUT2D eigenvalue weighted by Crippen LogP contribution is 2.34. The quantitative estimate of drug-likeness (QED) is 0.323. The van der Waals surface area contributed by atoms with Crippen LogP contribution in [0.25, 0.3) is 20.8 Å². The zero-order chi connectivity index (χ0) is 27.2. The molecule has 4 aromatic rings. The van der Waals surface area contributed by atoms with Crippen molar-refractivity contribution in [2.24, 2.45) is 0 Å². The molecular formula is C30H34N8OS. The summed E-state index contributed by atoms with van der Waals surface area (Å²) in [5, 5.41) is 7.43. The minimum Gasteiger partial charge on any atom is -0.349 e. The van der Waals surface area contributed by atoms with Crippen molar-refractivity contribution >= 4 is 45.0 Å². The summed E-state index contributed by atoms with van der Waals surface area (Å²) in [7, 11) is 0. The van der Waals surface area contributed by atoms with Crippen LogP contribution in [0.1, 0.15) is 55.1 Å². The van der Waals surface area contributed by atoms with Crippen LogP contribution in [0, 0.1) is 6.92 Å². The van der Waals surface area contributed by atoms with E-state index in [-0.39, 0.29) is 5.91 Å². The Bertz CT molecular complexity index is 1560. The van der Waals surface area contributed by atoms with Gasteiger partial charge in [-0.15, -0.1) is 11.3 Å². The number of aromatic nitrogens is 4. The molecule has 0 spiro atoms. The number of fused-ring (bicyclic) bond motifs is 3. The molecule has 3 aromatic heterocycles. The van der Waals surface area contributed by atoms with E-state index in [0.717, 1.165) is 70.7 Å². The minimum atomic E-state index is -0.00743. The van der Waals surface area contributed by atoms with Gasteiger partial charge in [-0.1, -0.05) is 31.9 Å². The van der Waals surface area contributed by atoms with Crippen LogP contribution in [0.4, 0.5) is 17.6 Å². The van der Waals surface area contributed by atoms with Crippen molar-refractivity contribution in [3.05, 3.63) is 53.9 Å². The predicted molar refractivity (Wildman–Crippen MR) is 159 cm³/mol. The Morgan fingerprint density at radius 2 is 1.93 bits per heavy atom. The van der Waals surface area contributed by atoms with Crippen LogP contribution >= 0.6 is 11.3 Å². The van der Waals surface area contributed by atoms with E-state index < -0.39 is 0 Å². The number of hydrogen-bond acceptors (Lipinski definition) is 9. The summed E-state index contributed by atoms with van der Waals surface area (Å²) < 4.78 is 0.995. The summed E-state index contributed by atoms with van der Waals surface area (Å²) in [4.78, 5) is 36.9. The fraction of sp³-hybridized carbons (Fsp3) is 0.433. The number of anilines is 3. The first-order valence-corrected chi connectivity index (χ1v) is 15.2. The molecule has 2 aliphatic heterocycles. The van der Waals surface area contributed by atoms with Crippen molar-refractivity contribution in [3.63, 3.8) is 0 Å². The molecule has 1 saturated carbocycles. The van der Waals surface area contributed by atoms with E-state index in [9.17, 15) is 4.79 Å². The number of pyridine rings is 1. The number of benzene rings is 1. The Morgan fingerprint density at radius 1 is 1.05 bits per heavy atom. The largest absolute Gasteiger partial charge is 0.349 e. The van der Waals surface area contributed by atoms with Crippen LogP contribution in [0.5, 0.6) is 0 Å². The second kappa shape index (κ2) is 10.4. The third-order valence-electron chi connectivity index (χ3n) is 8.45. The highest BCUT2D eigenvalue weighted by molar-refractivity contribution is 7.21. The number of carbonyl (C=O) groups excluding carboxylic acids is 1. The third kappa shape index (κ3) is 4.90. The predicted octanol–water partition coefficient (Wildman–Crippen LogP) is 5.16. The maximum absolute atomic E-state index is 12.8. The molecule has 2 atom stereocenters. The van der Waals surface area contributed by atoms with Gasteiger partial charge in [-0.05, 0) is 44.9 Å². The molecule has 7 rings (SSSR count). The van der Waals surface area contributed by atoms with Gasteiger partial charge in [-0.25, -0.2) is 15.0 Å². The number of carbonyl (C=O) groups is 1. The monoisotopic (exact) mass is 554 g/mol. The van der Waals surface area contributed by atoms with E-state index in [1.165, 1.54) is 19.3 Å². The van der Waals surface area contributed by atoms with Crippen molar-refractivity contribution < 1.29 is 4.79 Å². The smallest absolute Gasteiger partial charge is 0.251 e. The van der Waals surface area contributed by atoms with Crippen LogP contribution in [0.3, 0.4) is 0 Å². The first kappa shape index (κ1) is 25.3. The lowest BCUT2D eigenvalue weighted by Gasteiger charge is -2.33. The lowest BCUT2D eigenvalue weighted by atomic mass is 10.1. The molecule has 5 heterocycles. The average Bonchev–Trinajstić information content (AvgIpc) is 3.77. The van der Waals surface area contributed by atoms with Crippen molar-refractivity contribution in [3.8, 4) is 10.6 Å². The number of piperazine rings is 1. The van der Waals surface area contributed by atoms with E-state index in [0.29, 0.717) is 29.5 Å². The lowest BCUT2D eigenvalue weighted by molar-refractivity contribution is 0.0938. The molecule has 3 fully saturated rings. The summed E-state index contributed by atoms with van der Waals surface area (Å²) in [5.74, 6) is 2.21. The maximum atomic E-state index is 12.8. The molecule has 9 nitrogen and oxygen atoms in total. The van der Waals surface area contributed by atoms with E-state index in [4.69, 9.17) is 15.0 Å². The van der Waals surface area contributed by atoms with Crippen LogP contribution in [0.2, 0.25) is 0 Å². The van der Waals surface area contributed by atoms with Gasteiger partial charge in [0.2, 0.25) is 5.95 Å². The number of hydrogen-bond donors (Lipinski definition) is 2. The van der Waals surface area contributed by atoms with E-state index >= 15 is 0 Å². The molecule has 206 valence electrons. The first-order valence-electron chi connectivity index (χ1n) is 14.3. The number of rotatable bonds is 7. The fourth-order valence-electron chi connectivity index (χ4n) is 6.42. The van der Waals surface area contributed by atoms with Gasteiger partial charge in [0, 0.05) is 66.4 Å². The second-order valence-corrected chi connectivity index (χ2v) is 12.2. The number of likely N-dealkylation sites (N-methyl/N-ethyl adjacent to an activating group) is 1. The zero-order valence-electron chi connectivity index (χ0n) is 22.9. The van der Waals surface area contributed by atoms with Crippen molar-refractivity contribution in [1.82, 2.24) is 30.2 Å². The van der Waals surface area contributed by atoms with E-state index in [2.05, 4.69) is 32.3 Å². The molecule has 0 radical (unpaired) electrons. The van der Waals surface area contributed by atoms with Crippen LogP contribution in [0.15, 0.2) is 42.6 Å². The number of nitrogens with zero attached hydrogens (tertiary/aromatic N) is 6. The summed E-state index contributed by atoms with van der Waals surface area (Å²) >= 11 is 1.58. The van der Waals surface area contributed by atoms with Crippen LogP contribution in [-0.4, -0.2) is 68.5 Å². The fourth-order valence-corrected chi connectivity index (χ4v) is 7.33. The van der Waals surface area contributed by atoms with Crippen molar-refractivity contribution in [2.45, 2.75) is 64.1 Å². The minimum absolute atomic E-state index is 0.00743. The van der Waals surface area contributed by atoms with E-state index in [1.54, 1.807) is 11.3 Å². The Balaban J connectivity index is 1.09.